The zero-order valence-electron chi connectivity index (χ0n) is 15.2. The van der Waals surface area contributed by atoms with Crippen LogP contribution in [-0.4, -0.2) is 35.7 Å². The van der Waals surface area contributed by atoms with Crippen molar-refractivity contribution in [2.75, 3.05) is 19.0 Å². The third-order valence-corrected chi connectivity index (χ3v) is 4.54. The summed E-state index contributed by atoms with van der Waals surface area (Å²) in [5, 5.41) is 6.97. The molecule has 2 heterocycles. The maximum absolute atomic E-state index is 12.7. The second-order valence-electron chi connectivity index (χ2n) is 6.66. The fourth-order valence-corrected chi connectivity index (χ4v) is 3.04. The van der Waals surface area contributed by atoms with E-state index in [1.54, 1.807) is 29.2 Å². The van der Waals surface area contributed by atoms with Crippen LogP contribution in [-0.2, 0) is 4.74 Å². The first-order valence-electron chi connectivity index (χ1n) is 8.72. The number of esters is 1. The quantitative estimate of drug-likeness (QED) is 0.838. The molecule has 1 N–H and O–H groups in total. The van der Waals surface area contributed by atoms with E-state index < -0.39 is 5.97 Å². The van der Waals surface area contributed by atoms with Crippen molar-refractivity contribution in [3.8, 4) is 0 Å². The molecule has 1 aromatic carbocycles. The van der Waals surface area contributed by atoms with Gasteiger partial charge in [0.15, 0.2) is 5.76 Å². The molecule has 1 atom stereocenters. The molecule has 7 nitrogen and oxygen atoms in total. The standard InChI is InChI=1S/C19H23N3O4/c1-12(2)15-11-17(26-21-15)16-5-4-10-22(16)19(24)20-14-8-6-13(7-9-14)18(23)25-3/h6-9,11-12,16H,4-5,10H2,1-3H3,(H,20,24)/t16-/m0/s1. The highest BCUT2D eigenvalue weighted by molar-refractivity contribution is 5.92. The van der Waals surface area contributed by atoms with Crippen molar-refractivity contribution < 1.29 is 18.8 Å². The van der Waals surface area contributed by atoms with Gasteiger partial charge < -0.3 is 19.5 Å². The van der Waals surface area contributed by atoms with Crippen molar-refractivity contribution in [1.29, 1.82) is 0 Å². The highest BCUT2D eigenvalue weighted by Crippen LogP contribution is 2.33. The molecular weight excluding hydrogens is 334 g/mol. The fourth-order valence-electron chi connectivity index (χ4n) is 3.04. The summed E-state index contributed by atoms with van der Waals surface area (Å²) in [6.45, 7) is 4.77. The highest BCUT2D eigenvalue weighted by atomic mass is 16.5. The molecule has 3 rings (SSSR count). The Balaban J connectivity index is 1.69. The minimum absolute atomic E-state index is 0.107. The van der Waals surface area contributed by atoms with Crippen LogP contribution in [0.4, 0.5) is 10.5 Å². The van der Waals surface area contributed by atoms with Crippen LogP contribution in [0.3, 0.4) is 0 Å². The number of methoxy groups -OCH3 is 1. The predicted molar refractivity (Wildman–Crippen MR) is 96.1 cm³/mol. The first-order valence-corrected chi connectivity index (χ1v) is 8.72. The van der Waals surface area contributed by atoms with Gasteiger partial charge >= 0.3 is 12.0 Å². The predicted octanol–water partition coefficient (Wildman–Crippen LogP) is 3.95. The van der Waals surface area contributed by atoms with Gasteiger partial charge in [-0.1, -0.05) is 19.0 Å². The molecule has 1 aliphatic rings. The summed E-state index contributed by atoms with van der Waals surface area (Å²) in [6, 6.07) is 8.24. The van der Waals surface area contributed by atoms with Crippen LogP contribution in [0.25, 0.3) is 0 Å². The number of hydrogen-bond acceptors (Lipinski definition) is 5. The molecule has 1 fully saturated rings. The van der Waals surface area contributed by atoms with E-state index in [4.69, 9.17) is 4.52 Å². The van der Waals surface area contributed by atoms with E-state index in [1.807, 2.05) is 6.07 Å². The van der Waals surface area contributed by atoms with Crippen LogP contribution in [0.2, 0.25) is 0 Å². The van der Waals surface area contributed by atoms with Gasteiger partial charge in [-0.05, 0) is 43.0 Å². The Morgan fingerprint density at radius 2 is 2.04 bits per heavy atom. The normalized spacial score (nSPS) is 16.8. The van der Waals surface area contributed by atoms with E-state index in [2.05, 4.69) is 29.1 Å². The molecule has 2 aromatic rings. The van der Waals surface area contributed by atoms with Gasteiger partial charge in [0.2, 0.25) is 0 Å². The van der Waals surface area contributed by atoms with Gasteiger partial charge in [0.05, 0.1) is 24.4 Å². The number of hydrogen-bond donors (Lipinski definition) is 1. The summed E-state index contributed by atoms with van der Waals surface area (Å²) < 4.78 is 10.1. The van der Waals surface area contributed by atoms with Crippen LogP contribution in [0.15, 0.2) is 34.9 Å². The molecule has 1 aromatic heterocycles. The lowest BCUT2D eigenvalue weighted by Gasteiger charge is -2.23. The first kappa shape index (κ1) is 18.0. The SMILES string of the molecule is COC(=O)c1ccc(NC(=O)N2CCC[C@H]2c2cc(C(C)C)no2)cc1. The molecule has 138 valence electrons. The molecule has 1 saturated heterocycles. The van der Waals surface area contributed by atoms with E-state index in [1.165, 1.54) is 7.11 Å². The second kappa shape index (κ2) is 7.59. The number of anilines is 1. The summed E-state index contributed by atoms with van der Waals surface area (Å²) in [7, 11) is 1.33. The van der Waals surface area contributed by atoms with Gasteiger partial charge in [0, 0.05) is 18.3 Å². The monoisotopic (exact) mass is 357 g/mol. The highest BCUT2D eigenvalue weighted by Gasteiger charge is 2.33. The molecule has 26 heavy (non-hydrogen) atoms. The van der Waals surface area contributed by atoms with E-state index in [0.29, 0.717) is 17.8 Å². The molecule has 0 radical (unpaired) electrons. The van der Waals surface area contributed by atoms with Crippen LogP contribution in [0.1, 0.15) is 60.5 Å². The molecule has 7 heteroatoms. The number of carbonyl (C=O) groups excluding carboxylic acids is 2. The molecule has 0 saturated carbocycles. The number of aromatic nitrogens is 1. The third kappa shape index (κ3) is 3.71. The Hall–Kier alpha value is -2.83. The topological polar surface area (TPSA) is 84.7 Å². The average molecular weight is 357 g/mol. The van der Waals surface area contributed by atoms with Crippen molar-refractivity contribution in [3.05, 3.63) is 47.3 Å². The fraction of sp³-hybridized carbons (Fsp3) is 0.421. The maximum atomic E-state index is 12.7. The number of carbonyl (C=O) groups is 2. The minimum atomic E-state index is -0.409. The number of benzene rings is 1. The van der Waals surface area contributed by atoms with Crippen molar-refractivity contribution in [2.45, 2.75) is 38.6 Å². The largest absolute Gasteiger partial charge is 0.465 e. The molecule has 2 amide bonds. The number of amides is 2. The van der Waals surface area contributed by atoms with Gasteiger partial charge in [-0.3, -0.25) is 0 Å². The number of urea groups is 1. The van der Waals surface area contributed by atoms with Crippen LogP contribution < -0.4 is 5.32 Å². The molecule has 0 spiro atoms. The maximum Gasteiger partial charge on any atom is 0.337 e. The van der Waals surface area contributed by atoms with E-state index in [-0.39, 0.29) is 18.0 Å². The zero-order chi connectivity index (χ0) is 18.7. The summed E-state index contributed by atoms with van der Waals surface area (Å²) >= 11 is 0. The summed E-state index contributed by atoms with van der Waals surface area (Å²) in [4.78, 5) is 25.9. The summed E-state index contributed by atoms with van der Waals surface area (Å²) in [6.07, 6.45) is 1.76. The van der Waals surface area contributed by atoms with Gasteiger partial charge in [-0.15, -0.1) is 0 Å². The average Bonchev–Trinajstić information content (AvgIpc) is 3.30. The van der Waals surface area contributed by atoms with Gasteiger partial charge in [-0.25, -0.2) is 9.59 Å². The van der Waals surface area contributed by atoms with Crippen LogP contribution in [0.5, 0.6) is 0 Å². The Morgan fingerprint density at radius 1 is 1.31 bits per heavy atom. The molecular formula is C19H23N3O4. The Labute approximate surface area is 152 Å². The smallest absolute Gasteiger partial charge is 0.337 e. The van der Waals surface area contributed by atoms with Gasteiger partial charge in [-0.2, -0.15) is 0 Å². The van der Waals surface area contributed by atoms with Crippen molar-refractivity contribution in [2.24, 2.45) is 0 Å². The summed E-state index contributed by atoms with van der Waals surface area (Å²) in [5.41, 5.74) is 1.95. The third-order valence-electron chi connectivity index (χ3n) is 4.54. The lowest BCUT2D eigenvalue weighted by atomic mass is 10.1. The number of rotatable bonds is 4. The Morgan fingerprint density at radius 3 is 2.65 bits per heavy atom. The Kier molecular flexibility index (Phi) is 5.25. The number of nitrogens with zero attached hydrogens (tertiary/aromatic N) is 2. The van der Waals surface area contributed by atoms with Gasteiger partial charge in [0.25, 0.3) is 0 Å². The van der Waals surface area contributed by atoms with Crippen molar-refractivity contribution >= 4 is 17.7 Å². The first-order chi connectivity index (χ1) is 12.5. The van der Waals surface area contributed by atoms with Crippen molar-refractivity contribution in [3.63, 3.8) is 0 Å². The molecule has 1 aliphatic heterocycles. The zero-order valence-corrected chi connectivity index (χ0v) is 15.2. The molecule has 0 bridgehead atoms. The van der Waals surface area contributed by atoms with Crippen LogP contribution >= 0.6 is 0 Å². The van der Waals surface area contributed by atoms with Gasteiger partial charge in [0.1, 0.15) is 0 Å². The minimum Gasteiger partial charge on any atom is -0.465 e. The lowest BCUT2D eigenvalue weighted by Crippen LogP contribution is -2.34. The van der Waals surface area contributed by atoms with Crippen LogP contribution in [0, 0.1) is 0 Å². The molecule has 0 aliphatic carbocycles. The second-order valence-corrected chi connectivity index (χ2v) is 6.66. The number of nitrogens with one attached hydrogen (secondary N) is 1. The Bertz CT molecular complexity index is 782. The lowest BCUT2D eigenvalue weighted by molar-refractivity contribution is 0.0600. The number of ether oxygens (including phenoxy) is 1. The van der Waals surface area contributed by atoms with E-state index in [9.17, 15) is 9.59 Å². The van der Waals surface area contributed by atoms with Crippen molar-refractivity contribution in [1.82, 2.24) is 10.1 Å². The molecule has 0 unspecified atom stereocenters. The van der Waals surface area contributed by atoms with E-state index >= 15 is 0 Å². The summed E-state index contributed by atoms with van der Waals surface area (Å²) in [5.74, 6) is 0.598. The number of likely N-dealkylation sites (tertiary alicyclic amines) is 1. The van der Waals surface area contributed by atoms with E-state index in [0.717, 1.165) is 24.3 Å².